The maximum absolute atomic E-state index is 11.0. The van der Waals surface area contributed by atoms with E-state index < -0.39 is 8.18 Å². The summed E-state index contributed by atoms with van der Waals surface area (Å²) in [6.07, 6.45) is 3.76. The molecule has 1 atom stereocenters. The van der Waals surface area contributed by atoms with Crippen LogP contribution in [0.2, 0.25) is 0 Å². The molecule has 0 fully saturated rings. The largest absolute Gasteiger partial charge is 0.573 e. The zero-order valence-corrected chi connectivity index (χ0v) is 16.7. The molecule has 0 aliphatic carbocycles. The third kappa shape index (κ3) is 5.05. The number of anilines is 1. The third-order valence-corrected chi connectivity index (χ3v) is 4.66. The first-order valence-electron chi connectivity index (χ1n) is 9.11. The predicted molar refractivity (Wildman–Crippen MR) is 109 cm³/mol. The zero-order valence-electron chi connectivity index (χ0n) is 15.8. The van der Waals surface area contributed by atoms with Gasteiger partial charge in [0.1, 0.15) is 6.61 Å². The van der Waals surface area contributed by atoms with Crippen molar-refractivity contribution in [3.8, 4) is 17.2 Å². The van der Waals surface area contributed by atoms with Gasteiger partial charge in [0.25, 0.3) is 0 Å². The molecule has 0 aliphatic heterocycles. The molecule has 4 aromatic rings. The average molecular weight is 420 g/mol. The Morgan fingerprint density at radius 2 is 1.80 bits per heavy atom. The summed E-state index contributed by atoms with van der Waals surface area (Å²) < 4.78 is 22.0. The lowest BCUT2D eigenvalue weighted by atomic mass is 10.1. The smallest absolute Gasteiger partial charge is 0.439 e. The van der Waals surface area contributed by atoms with E-state index >= 15 is 0 Å². The fourth-order valence-electron chi connectivity index (χ4n) is 2.85. The Morgan fingerprint density at radius 3 is 2.57 bits per heavy atom. The lowest BCUT2D eigenvalue weighted by Crippen LogP contribution is -1.99. The molecule has 1 N–H and O–H groups in total. The van der Waals surface area contributed by atoms with Crippen molar-refractivity contribution < 1.29 is 18.7 Å². The minimum Gasteiger partial charge on any atom is -0.573 e. The summed E-state index contributed by atoms with van der Waals surface area (Å²) in [5.74, 6) is 1.23. The zero-order chi connectivity index (χ0) is 20.8. The van der Waals surface area contributed by atoms with Gasteiger partial charge in [0, 0.05) is 30.9 Å². The first-order valence-corrected chi connectivity index (χ1v) is 10.3. The molecular formula is C21H17N4O4P. The second kappa shape index (κ2) is 9.26. The van der Waals surface area contributed by atoms with E-state index in [1.54, 1.807) is 24.4 Å². The van der Waals surface area contributed by atoms with Gasteiger partial charge in [0.2, 0.25) is 5.88 Å². The topological polar surface area (TPSA) is 113 Å². The summed E-state index contributed by atoms with van der Waals surface area (Å²) in [4.78, 5) is 19.2. The molecule has 1 unspecified atom stereocenters. The van der Waals surface area contributed by atoms with E-state index in [9.17, 15) is 9.46 Å². The van der Waals surface area contributed by atoms with Crippen LogP contribution in [-0.4, -0.2) is 15.1 Å². The Hall–Kier alpha value is -3.61. The van der Waals surface area contributed by atoms with E-state index in [1.807, 2.05) is 42.5 Å². The van der Waals surface area contributed by atoms with Crippen LogP contribution in [0, 0.1) is 0 Å². The maximum atomic E-state index is 11.0. The second-order valence-electron chi connectivity index (χ2n) is 6.40. The minimum atomic E-state index is -2.83. The summed E-state index contributed by atoms with van der Waals surface area (Å²) in [6.45, 7) is 0.435. The molecule has 0 saturated carbocycles. The third-order valence-electron chi connectivity index (χ3n) is 4.26. The molecule has 0 bridgehead atoms. The molecule has 0 radical (unpaired) electrons. The van der Waals surface area contributed by atoms with Crippen LogP contribution in [0.3, 0.4) is 0 Å². The van der Waals surface area contributed by atoms with Crippen molar-refractivity contribution in [1.82, 2.24) is 15.1 Å². The van der Waals surface area contributed by atoms with Gasteiger partial charge in [-0.05, 0) is 33.9 Å². The fraction of sp³-hybridized carbons (Fsp3) is 0.0952. The summed E-state index contributed by atoms with van der Waals surface area (Å²) >= 11 is 0. The SMILES string of the molecule is O=[P+]([O-])Nc1ncccc1-c1cc(Cc2ccc(COc3ccccn3)cc2)no1. The van der Waals surface area contributed by atoms with Gasteiger partial charge in [-0.1, -0.05) is 35.5 Å². The van der Waals surface area contributed by atoms with Crippen LogP contribution < -0.4 is 14.7 Å². The van der Waals surface area contributed by atoms with Crippen LogP contribution in [0.1, 0.15) is 16.8 Å². The maximum Gasteiger partial charge on any atom is 0.439 e. The average Bonchev–Trinajstić information content (AvgIpc) is 3.22. The fourth-order valence-corrected chi connectivity index (χ4v) is 3.21. The lowest BCUT2D eigenvalue weighted by molar-refractivity contribution is -0.162. The van der Waals surface area contributed by atoms with Crippen molar-refractivity contribution in [2.24, 2.45) is 0 Å². The highest BCUT2D eigenvalue weighted by molar-refractivity contribution is 7.38. The van der Waals surface area contributed by atoms with E-state index in [4.69, 9.17) is 9.26 Å². The second-order valence-corrected chi connectivity index (χ2v) is 7.14. The van der Waals surface area contributed by atoms with Gasteiger partial charge >= 0.3 is 8.18 Å². The highest BCUT2D eigenvalue weighted by atomic mass is 31.1. The normalized spacial score (nSPS) is 11.2. The van der Waals surface area contributed by atoms with E-state index in [2.05, 4.69) is 20.2 Å². The molecule has 0 spiro atoms. The van der Waals surface area contributed by atoms with Crippen LogP contribution in [0.4, 0.5) is 5.82 Å². The lowest BCUT2D eigenvalue weighted by Gasteiger charge is -2.05. The molecule has 0 aliphatic rings. The van der Waals surface area contributed by atoms with E-state index in [0.29, 0.717) is 30.2 Å². The van der Waals surface area contributed by atoms with E-state index in [1.165, 1.54) is 6.20 Å². The minimum absolute atomic E-state index is 0.202. The Labute approximate surface area is 173 Å². The van der Waals surface area contributed by atoms with Crippen molar-refractivity contribution in [2.45, 2.75) is 13.0 Å². The Balaban J connectivity index is 1.41. The van der Waals surface area contributed by atoms with Gasteiger partial charge in [-0.15, -0.1) is 0 Å². The van der Waals surface area contributed by atoms with Crippen LogP contribution in [-0.2, 0) is 17.6 Å². The molecule has 8 nitrogen and oxygen atoms in total. The Bertz CT molecular complexity index is 1130. The number of hydrogen-bond acceptors (Lipinski definition) is 7. The number of rotatable bonds is 8. The van der Waals surface area contributed by atoms with E-state index in [-0.39, 0.29) is 5.82 Å². The monoisotopic (exact) mass is 420 g/mol. The molecule has 3 aromatic heterocycles. The molecule has 4 rings (SSSR count). The quantitative estimate of drug-likeness (QED) is 0.429. The number of benzene rings is 1. The summed E-state index contributed by atoms with van der Waals surface area (Å²) in [7, 11) is -2.83. The van der Waals surface area contributed by atoms with Crippen LogP contribution in [0.5, 0.6) is 5.88 Å². The van der Waals surface area contributed by atoms with Gasteiger partial charge < -0.3 is 14.2 Å². The van der Waals surface area contributed by atoms with Gasteiger partial charge in [-0.3, -0.25) is 0 Å². The molecule has 3 heterocycles. The van der Waals surface area contributed by atoms with Gasteiger partial charge in [-0.25, -0.2) is 9.97 Å². The molecule has 0 amide bonds. The predicted octanol–water partition coefficient (Wildman–Crippen LogP) is 3.73. The molecule has 150 valence electrons. The first kappa shape index (κ1) is 19.7. The first-order chi connectivity index (χ1) is 14.7. The summed E-state index contributed by atoms with van der Waals surface area (Å²) in [6, 6.07) is 18.7. The van der Waals surface area contributed by atoms with E-state index in [0.717, 1.165) is 16.8 Å². The molecule has 0 saturated heterocycles. The number of ether oxygens (including phenoxy) is 1. The van der Waals surface area contributed by atoms with Gasteiger partial charge in [0.05, 0.1) is 11.3 Å². The molecule has 1 aromatic carbocycles. The summed E-state index contributed by atoms with van der Waals surface area (Å²) in [5, 5.41) is 6.39. The number of nitrogens with zero attached hydrogens (tertiary/aromatic N) is 3. The number of aromatic nitrogens is 3. The molecule has 30 heavy (non-hydrogen) atoms. The number of nitrogens with one attached hydrogen (secondary N) is 1. The van der Waals surface area contributed by atoms with Gasteiger partial charge in [-0.2, -0.15) is 5.09 Å². The van der Waals surface area contributed by atoms with Crippen molar-refractivity contribution in [1.29, 1.82) is 0 Å². The summed E-state index contributed by atoms with van der Waals surface area (Å²) in [5.41, 5.74) is 3.34. The number of pyridine rings is 2. The van der Waals surface area contributed by atoms with Crippen LogP contribution in [0.25, 0.3) is 11.3 Å². The number of hydrogen-bond donors (Lipinski definition) is 1. The Morgan fingerprint density at radius 1 is 1.00 bits per heavy atom. The highest BCUT2D eigenvalue weighted by Gasteiger charge is 2.15. The standard InChI is InChI=1S/C21H17N4O4P/c26-30(27)25-21-18(4-3-11-23-21)19-13-17(24-29-19)12-15-6-8-16(9-7-15)14-28-20-5-1-2-10-22-20/h1-11,13H,12,14H2,(H,23,25,26,27). The van der Waals surface area contributed by atoms with Crippen molar-refractivity contribution >= 4 is 14.0 Å². The Kier molecular flexibility index (Phi) is 6.08. The van der Waals surface area contributed by atoms with Crippen molar-refractivity contribution in [3.05, 3.63) is 89.9 Å². The van der Waals surface area contributed by atoms with Crippen molar-refractivity contribution in [3.63, 3.8) is 0 Å². The van der Waals surface area contributed by atoms with Crippen LogP contribution >= 0.6 is 8.18 Å². The molecular weight excluding hydrogens is 403 g/mol. The highest BCUT2D eigenvalue weighted by Crippen LogP contribution is 2.29. The van der Waals surface area contributed by atoms with Gasteiger partial charge in [0.15, 0.2) is 11.6 Å². The van der Waals surface area contributed by atoms with Crippen molar-refractivity contribution in [2.75, 3.05) is 5.09 Å². The molecule has 9 heteroatoms. The van der Waals surface area contributed by atoms with Crippen LogP contribution in [0.15, 0.2) is 77.6 Å².